The van der Waals surface area contributed by atoms with E-state index in [1.165, 1.54) is 32.8 Å². The number of hydrogen-bond acceptors (Lipinski definition) is 10. The third-order valence-electron chi connectivity index (χ3n) is 9.06. The maximum absolute atomic E-state index is 13.9. The molecule has 1 aromatic carbocycles. The Morgan fingerprint density at radius 1 is 0.759 bits per heavy atom. The molecule has 0 heterocycles. The van der Waals surface area contributed by atoms with Gasteiger partial charge in [-0.1, -0.05) is 114 Å². The summed E-state index contributed by atoms with van der Waals surface area (Å²) in [7, 11) is 1.17. The predicted molar refractivity (Wildman–Crippen MR) is 220 cm³/mol. The van der Waals surface area contributed by atoms with Crippen molar-refractivity contribution in [1.82, 2.24) is 26.6 Å². The van der Waals surface area contributed by atoms with Gasteiger partial charge in [0.05, 0.1) is 7.11 Å². The number of rotatable bonds is 28. The number of carbonyl (C=O) groups is 6. The summed E-state index contributed by atoms with van der Waals surface area (Å²) in [5.74, 6) is -3.20. The lowest BCUT2D eigenvalue weighted by Gasteiger charge is -2.29. The number of alkyl carbamates (subject to hydrolysis) is 2. The van der Waals surface area contributed by atoms with Gasteiger partial charge in [-0.2, -0.15) is 0 Å². The molecule has 0 bridgehead atoms. The fourth-order valence-corrected chi connectivity index (χ4v) is 5.91. The first-order valence-corrected chi connectivity index (χ1v) is 20.5. The normalized spacial score (nSPS) is 13.1. The Morgan fingerprint density at radius 2 is 1.38 bits per heavy atom. The number of carbonyl (C=O) groups excluding carboxylic acids is 6. The van der Waals surface area contributed by atoms with Crippen LogP contribution in [0.15, 0.2) is 35.4 Å². The molecule has 5 amide bonds. The van der Waals surface area contributed by atoms with Crippen molar-refractivity contribution in [2.75, 3.05) is 20.2 Å². The zero-order chi connectivity index (χ0) is 43.3. The van der Waals surface area contributed by atoms with Crippen LogP contribution in [0.2, 0.25) is 0 Å². The van der Waals surface area contributed by atoms with Crippen LogP contribution in [-0.2, 0) is 40.0 Å². The lowest BCUT2D eigenvalue weighted by molar-refractivity contribution is -0.141. The lowest BCUT2D eigenvalue weighted by Crippen LogP contribution is -2.59. The van der Waals surface area contributed by atoms with Crippen LogP contribution in [0.5, 0.6) is 0 Å². The zero-order valence-corrected chi connectivity index (χ0v) is 35.6. The minimum absolute atomic E-state index is 0.119. The Balaban J connectivity index is 3.07. The van der Waals surface area contributed by atoms with Crippen molar-refractivity contribution >= 4 is 35.9 Å². The molecule has 17 nitrogen and oxygen atoms in total. The highest BCUT2D eigenvalue weighted by molar-refractivity contribution is 5.92. The molecule has 1 rings (SSSR count). The van der Waals surface area contributed by atoms with Crippen molar-refractivity contribution < 1.29 is 43.0 Å². The molecule has 326 valence electrons. The molecule has 4 atom stereocenters. The largest absolute Gasteiger partial charge is 0.468 e. The van der Waals surface area contributed by atoms with Gasteiger partial charge >= 0.3 is 18.2 Å². The van der Waals surface area contributed by atoms with E-state index in [0.717, 1.165) is 31.2 Å². The SMILES string of the molecule is CCCCCCCCCCC[C@@H](NC(=O)[C@@H](NC(=O)[C@H](CCCCNC(=O)OCc1ccccc1)NC(=O)OC(C)(C)C)C(C)C)[C@@H](N=[N+]=[N-])C(=O)NCC(=O)OC. The van der Waals surface area contributed by atoms with Crippen LogP contribution in [0.25, 0.3) is 10.4 Å². The number of benzene rings is 1. The van der Waals surface area contributed by atoms with E-state index in [4.69, 9.17) is 9.47 Å². The Labute approximate surface area is 343 Å². The van der Waals surface area contributed by atoms with Gasteiger partial charge in [0.1, 0.15) is 36.9 Å². The van der Waals surface area contributed by atoms with Crippen molar-refractivity contribution in [2.24, 2.45) is 11.0 Å². The first-order valence-electron chi connectivity index (χ1n) is 20.5. The minimum Gasteiger partial charge on any atom is -0.468 e. The van der Waals surface area contributed by atoms with E-state index in [-0.39, 0.29) is 26.0 Å². The molecule has 0 fully saturated rings. The third-order valence-corrected chi connectivity index (χ3v) is 9.06. The summed E-state index contributed by atoms with van der Waals surface area (Å²) in [6, 6.07) is 4.65. The standard InChI is InChI=1S/C41H68N8O9/c1-8-9-10-11-12-13-14-15-19-24-31(35(48-49-42)37(52)44-27-33(50)56-7)45-38(53)34(29(2)3)47-36(51)32(46-40(55)58-41(4,5)6)25-20-21-26-43-39(54)57-28-30-22-17-16-18-23-30/h16-18,22-23,29,31-32,34-35H,8-15,19-21,24-28H2,1-7H3,(H,43,54)(H,44,52)(H,45,53)(H,46,55)(H,47,51)/t31-,32+,34+,35-/m1/s1. The van der Waals surface area contributed by atoms with Crippen molar-refractivity contribution in [1.29, 1.82) is 0 Å². The van der Waals surface area contributed by atoms with Crippen molar-refractivity contribution in [3.05, 3.63) is 46.3 Å². The molecular weight excluding hydrogens is 748 g/mol. The second-order valence-electron chi connectivity index (χ2n) is 15.6. The Hall–Kier alpha value is -5.05. The van der Waals surface area contributed by atoms with Crippen LogP contribution in [0, 0.1) is 5.92 Å². The second kappa shape index (κ2) is 29.2. The van der Waals surface area contributed by atoms with Crippen LogP contribution >= 0.6 is 0 Å². The van der Waals surface area contributed by atoms with Crippen LogP contribution < -0.4 is 26.6 Å². The number of hydrogen-bond donors (Lipinski definition) is 5. The first kappa shape index (κ1) is 51.0. The van der Waals surface area contributed by atoms with Crippen molar-refractivity contribution in [3.8, 4) is 0 Å². The van der Waals surface area contributed by atoms with E-state index < -0.39 is 78.1 Å². The maximum atomic E-state index is 13.9. The number of nitrogens with zero attached hydrogens (tertiary/aromatic N) is 3. The van der Waals surface area contributed by atoms with E-state index >= 15 is 0 Å². The summed E-state index contributed by atoms with van der Waals surface area (Å²) in [6.07, 6.45) is 9.21. The topological polar surface area (TPSA) is 239 Å². The summed E-state index contributed by atoms with van der Waals surface area (Å²) in [4.78, 5) is 80.5. The van der Waals surface area contributed by atoms with Crippen LogP contribution in [0.3, 0.4) is 0 Å². The predicted octanol–water partition coefficient (Wildman–Crippen LogP) is 6.49. The quantitative estimate of drug-likeness (QED) is 0.0155. The van der Waals surface area contributed by atoms with Gasteiger partial charge < -0.3 is 40.8 Å². The monoisotopic (exact) mass is 817 g/mol. The number of methoxy groups -OCH3 is 1. The van der Waals surface area contributed by atoms with Gasteiger partial charge in [-0.15, -0.1) is 0 Å². The van der Waals surface area contributed by atoms with Gasteiger partial charge in [-0.3, -0.25) is 19.2 Å². The van der Waals surface area contributed by atoms with Crippen LogP contribution in [0.4, 0.5) is 9.59 Å². The van der Waals surface area contributed by atoms with Crippen LogP contribution in [-0.4, -0.2) is 85.8 Å². The van der Waals surface area contributed by atoms with Gasteiger partial charge in [0.15, 0.2) is 0 Å². The molecule has 17 heteroatoms. The van der Waals surface area contributed by atoms with E-state index in [1.807, 2.05) is 30.3 Å². The highest BCUT2D eigenvalue weighted by Gasteiger charge is 2.34. The molecular formula is C41H68N8O9. The molecule has 0 aliphatic rings. The van der Waals surface area contributed by atoms with E-state index in [1.54, 1.807) is 34.6 Å². The fourth-order valence-electron chi connectivity index (χ4n) is 5.91. The number of amides is 5. The molecule has 5 N–H and O–H groups in total. The van der Waals surface area contributed by atoms with E-state index in [9.17, 15) is 34.3 Å². The summed E-state index contributed by atoms with van der Waals surface area (Å²) in [6.45, 7) is 10.6. The third kappa shape index (κ3) is 23.2. The minimum atomic E-state index is -1.40. The molecule has 58 heavy (non-hydrogen) atoms. The number of ether oxygens (including phenoxy) is 3. The summed E-state index contributed by atoms with van der Waals surface area (Å²) < 4.78 is 15.2. The van der Waals surface area contributed by atoms with Gasteiger partial charge in [0.2, 0.25) is 17.7 Å². The summed E-state index contributed by atoms with van der Waals surface area (Å²) in [5.41, 5.74) is 9.39. The molecule has 0 aliphatic heterocycles. The molecule has 0 aliphatic carbocycles. The van der Waals surface area contributed by atoms with Gasteiger partial charge in [0.25, 0.3) is 0 Å². The second-order valence-corrected chi connectivity index (χ2v) is 15.6. The fraction of sp³-hybridized carbons (Fsp3) is 0.707. The number of unbranched alkanes of at least 4 members (excludes halogenated alkanes) is 9. The number of azide groups is 1. The molecule has 0 unspecified atom stereocenters. The summed E-state index contributed by atoms with van der Waals surface area (Å²) >= 11 is 0. The maximum Gasteiger partial charge on any atom is 0.408 e. The number of nitrogens with one attached hydrogen (secondary N) is 5. The highest BCUT2D eigenvalue weighted by Crippen LogP contribution is 2.16. The summed E-state index contributed by atoms with van der Waals surface area (Å²) in [5, 5.41) is 17.0. The van der Waals surface area contributed by atoms with E-state index in [0.29, 0.717) is 19.3 Å². The van der Waals surface area contributed by atoms with Crippen LogP contribution in [0.1, 0.15) is 131 Å². The van der Waals surface area contributed by atoms with Gasteiger partial charge in [0, 0.05) is 17.5 Å². The molecule has 0 saturated heterocycles. The average Bonchev–Trinajstić information content (AvgIpc) is 3.17. The molecule has 0 spiro atoms. The number of esters is 1. The Bertz CT molecular complexity index is 1450. The van der Waals surface area contributed by atoms with Gasteiger partial charge in [-0.05, 0) is 63.5 Å². The lowest BCUT2D eigenvalue weighted by atomic mass is 9.97. The molecule has 0 saturated carbocycles. The van der Waals surface area contributed by atoms with E-state index in [2.05, 4.69) is 48.3 Å². The Morgan fingerprint density at radius 3 is 1.97 bits per heavy atom. The van der Waals surface area contributed by atoms with Crippen molar-refractivity contribution in [2.45, 2.75) is 161 Å². The smallest absolute Gasteiger partial charge is 0.408 e. The molecule has 0 aromatic heterocycles. The Kier molecular flexibility index (Phi) is 25.7. The van der Waals surface area contributed by atoms with Gasteiger partial charge in [-0.25, -0.2) is 9.59 Å². The first-order chi connectivity index (χ1) is 27.6. The van der Waals surface area contributed by atoms with Crippen molar-refractivity contribution in [3.63, 3.8) is 0 Å². The molecule has 1 aromatic rings. The molecule has 0 radical (unpaired) electrons. The zero-order valence-electron chi connectivity index (χ0n) is 35.6. The average molecular weight is 817 g/mol. The highest BCUT2D eigenvalue weighted by atomic mass is 16.6.